The lowest BCUT2D eigenvalue weighted by molar-refractivity contribution is -0.135. The number of nitrogens with zero attached hydrogens (tertiary/aromatic N) is 4. The number of tetrazole rings is 1. The summed E-state index contributed by atoms with van der Waals surface area (Å²) in [6.45, 7) is 0.397. The van der Waals surface area contributed by atoms with Gasteiger partial charge in [0.1, 0.15) is 0 Å². The number of alkyl halides is 3. The van der Waals surface area contributed by atoms with Crippen molar-refractivity contribution < 1.29 is 18.0 Å². The molecule has 0 saturated heterocycles. The van der Waals surface area contributed by atoms with Gasteiger partial charge >= 0.3 is 12.2 Å². The van der Waals surface area contributed by atoms with Gasteiger partial charge in [0.15, 0.2) is 5.82 Å². The number of carbonyl (C=O) groups excluding carboxylic acids is 1. The Morgan fingerprint density at radius 3 is 2.35 bits per heavy atom. The van der Waals surface area contributed by atoms with Gasteiger partial charge in [-0.25, -0.2) is 9.89 Å². The predicted octanol–water partition coefficient (Wildman–Crippen LogP) is 9.06. The molecule has 0 bridgehead atoms. The molecule has 1 aromatic heterocycles. The largest absolute Gasteiger partial charge is 0.389 e. The van der Waals surface area contributed by atoms with Gasteiger partial charge in [-0.1, -0.05) is 66.2 Å². The Morgan fingerprint density at radius 1 is 0.935 bits per heavy atom. The van der Waals surface area contributed by atoms with Crippen molar-refractivity contribution in [1.82, 2.24) is 20.6 Å². The number of H-pyrrole nitrogens is 1. The summed E-state index contributed by atoms with van der Waals surface area (Å²) in [6.07, 6.45) is -2.99. The first kappa shape index (κ1) is 31.1. The van der Waals surface area contributed by atoms with Crippen molar-refractivity contribution in [3.8, 4) is 22.5 Å². The molecule has 1 aliphatic carbocycles. The Labute approximate surface area is 269 Å². The fourth-order valence-electron chi connectivity index (χ4n) is 5.40. The fraction of sp³-hybridized carbons (Fsp3) is 0.235. The zero-order chi connectivity index (χ0) is 32.1. The third kappa shape index (κ3) is 8.02. The van der Waals surface area contributed by atoms with Crippen molar-refractivity contribution in [3.63, 3.8) is 0 Å². The minimum atomic E-state index is -4.29. The standard InChI is InChI=1S/C34H31ClF3N7O/c35-26-13-6-22(7-14-26)21-45(19-3-18-34(36,37)38)31-17-12-25(28-4-1-2-5-29(28)32-41-43-44-42-32)20-30(31)40-33(46)39-27-15-10-24(11-16-27)23-8-9-23/h1-2,4-7,10-17,20,23H,3,8-9,18-19,21H2,(H2,39,40,46)(H,41,42,43,44). The van der Waals surface area contributed by atoms with E-state index >= 15 is 0 Å². The lowest BCUT2D eigenvalue weighted by Crippen LogP contribution is -2.27. The fourth-order valence-corrected chi connectivity index (χ4v) is 5.53. The molecule has 1 aliphatic rings. The van der Waals surface area contributed by atoms with Gasteiger partial charge in [-0.15, -0.1) is 5.10 Å². The first-order valence-corrected chi connectivity index (χ1v) is 15.3. The lowest BCUT2D eigenvalue weighted by atomic mass is 9.98. The van der Waals surface area contributed by atoms with Crippen molar-refractivity contribution in [2.45, 2.75) is 44.3 Å². The van der Waals surface area contributed by atoms with E-state index in [0.29, 0.717) is 40.4 Å². The monoisotopic (exact) mass is 645 g/mol. The van der Waals surface area contributed by atoms with Crippen LogP contribution in [0.4, 0.5) is 35.0 Å². The molecule has 1 fully saturated rings. The summed E-state index contributed by atoms with van der Waals surface area (Å²) in [6, 6.07) is 27.5. The highest BCUT2D eigenvalue weighted by Gasteiger charge is 2.27. The maximum atomic E-state index is 13.4. The molecule has 3 N–H and O–H groups in total. The van der Waals surface area contributed by atoms with Gasteiger partial charge in [-0.3, -0.25) is 0 Å². The number of halogens is 4. The van der Waals surface area contributed by atoms with Gasteiger partial charge < -0.3 is 15.5 Å². The van der Waals surface area contributed by atoms with Crippen LogP contribution in [0.3, 0.4) is 0 Å². The van der Waals surface area contributed by atoms with Gasteiger partial charge in [0.2, 0.25) is 0 Å². The van der Waals surface area contributed by atoms with Gasteiger partial charge in [-0.05, 0) is 94.3 Å². The number of benzene rings is 4. The molecule has 46 heavy (non-hydrogen) atoms. The minimum Gasteiger partial charge on any atom is -0.366 e. The third-order valence-electron chi connectivity index (χ3n) is 7.82. The first-order chi connectivity index (χ1) is 22.2. The van der Waals surface area contributed by atoms with Crippen LogP contribution in [-0.2, 0) is 6.54 Å². The van der Waals surface area contributed by atoms with Crippen LogP contribution in [-0.4, -0.2) is 39.4 Å². The van der Waals surface area contributed by atoms with E-state index in [1.54, 1.807) is 12.1 Å². The van der Waals surface area contributed by atoms with Crippen LogP contribution in [0.1, 0.15) is 42.7 Å². The molecule has 4 aromatic carbocycles. The Morgan fingerprint density at radius 2 is 1.67 bits per heavy atom. The van der Waals surface area contributed by atoms with Crippen LogP contribution in [0, 0.1) is 0 Å². The van der Waals surface area contributed by atoms with Crippen molar-refractivity contribution in [2.24, 2.45) is 0 Å². The predicted molar refractivity (Wildman–Crippen MR) is 174 cm³/mol. The van der Waals surface area contributed by atoms with Crippen LogP contribution >= 0.6 is 11.6 Å². The lowest BCUT2D eigenvalue weighted by Gasteiger charge is -2.28. The van der Waals surface area contributed by atoms with Gasteiger partial charge in [0, 0.05) is 35.8 Å². The summed E-state index contributed by atoms with van der Waals surface area (Å²) in [5.41, 5.74) is 6.03. The van der Waals surface area contributed by atoms with Gasteiger partial charge in [0.25, 0.3) is 0 Å². The van der Waals surface area contributed by atoms with Gasteiger partial charge in [0.05, 0.1) is 11.4 Å². The number of hydrogen-bond donors (Lipinski definition) is 3. The highest BCUT2D eigenvalue weighted by molar-refractivity contribution is 6.30. The van der Waals surface area contributed by atoms with Crippen molar-refractivity contribution >= 4 is 34.7 Å². The van der Waals surface area contributed by atoms with E-state index in [4.69, 9.17) is 11.6 Å². The smallest absolute Gasteiger partial charge is 0.366 e. The molecule has 5 aromatic rings. The molecule has 236 valence electrons. The number of aromatic nitrogens is 4. The zero-order valence-corrected chi connectivity index (χ0v) is 25.4. The number of anilines is 3. The summed E-state index contributed by atoms with van der Waals surface area (Å²) in [5, 5.41) is 20.7. The SMILES string of the molecule is O=C(Nc1ccc(C2CC2)cc1)Nc1cc(-c2ccccc2-c2nnn[nH]2)ccc1N(CCCC(F)(F)F)Cc1ccc(Cl)cc1. The van der Waals surface area contributed by atoms with Crippen LogP contribution in [0.2, 0.25) is 5.02 Å². The van der Waals surface area contributed by atoms with Crippen LogP contribution < -0.4 is 15.5 Å². The summed E-state index contributed by atoms with van der Waals surface area (Å²) < 4.78 is 39.6. The number of carbonyl (C=O) groups is 1. The Kier molecular flexibility index (Phi) is 9.20. The summed E-state index contributed by atoms with van der Waals surface area (Å²) >= 11 is 6.09. The van der Waals surface area contributed by atoms with E-state index in [2.05, 4.69) is 31.3 Å². The van der Waals surface area contributed by atoms with E-state index in [9.17, 15) is 18.0 Å². The summed E-state index contributed by atoms with van der Waals surface area (Å²) in [7, 11) is 0. The van der Waals surface area contributed by atoms with E-state index in [1.165, 1.54) is 18.4 Å². The maximum Gasteiger partial charge on any atom is 0.389 e. The molecule has 6 rings (SSSR count). The first-order valence-electron chi connectivity index (χ1n) is 14.9. The molecule has 2 amide bonds. The average Bonchev–Trinajstić information content (AvgIpc) is 3.74. The Balaban J connectivity index is 1.35. The van der Waals surface area contributed by atoms with E-state index < -0.39 is 18.6 Å². The van der Waals surface area contributed by atoms with Crippen LogP contribution in [0.15, 0.2) is 91.0 Å². The zero-order valence-electron chi connectivity index (χ0n) is 24.7. The molecule has 0 spiro atoms. The van der Waals surface area contributed by atoms with E-state index in [-0.39, 0.29) is 13.0 Å². The highest BCUT2D eigenvalue weighted by atomic mass is 35.5. The van der Waals surface area contributed by atoms with Gasteiger partial charge in [-0.2, -0.15) is 13.2 Å². The second-order valence-electron chi connectivity index (χ2n) is 11.3. The quantitative estimate of drug-likeness (QED) is 0.133. The number of rotatable bonds is 11. The topological polar surface area (TPSA) is 98.8 Å². The molecule has 12 heteroatoms. The molecule has 0 radical (unpaired) electrons. The average molecular weight is 646 g/mol. The molecule has 0 aliphatic heterocycles. The number of hydrogen-bond acceptors (Lipinski definition) is 5. The number of nitrogens with one attached hydrogen (secondary N) is 3. The molecule has 0 atom stereocenters. The van der Waals surface area contributed by atoms with Crippen molar-refractivity contribution in [1.29, 1.82) is 0 Å². The third-order valence-corrected chi connectivity index (χ3v) is 8.07. The summed E-state index contributed by atoms with van der Waals surface area (Å²) in [5.74, 6) is 1.06. The number of urea groups is 1. The molecular weight excluding hydrogens is 615 g/mol. The van der Waals surface area contributed by atoms with Crippen LogP contribution in [0.5, 0.6) is 0 Å². The molecule has 1 heterocycles. The molecule has 0 unspecified atom stereocenters. The van der Waals surface area contributed by atoms with Crippen molar-refractivity contribution in [3.05, 3.63) is 107 Å². The maximum absolute atomic E-state index is 13.4. The second-order valence-corrected chi connectivity index (χ2v) is 11.7. The van der Waals surface area contributed by atoms with Crippen LogP contribution in [0.25, 0.3) is 22.5 Å². The molecular formula is C34H31ClF3N7O. The Bertz CT molecular complexity index is 1770. The minimum absolute atomic E-state index is 0.0979. The second kappa shape index (κ2) is 13.6. The highest BCUT2D eigenvalue weighted by Crippen LogP contribution is 2.40. The normalized spacial score (nSPS) is 13.0. The summed E-state index contributed by atoms with van der Waals surface area (Å²) in [4.78, 5) is 15.2. The Hall–Kier alpha value is -4.90. The number of aromatic amines is 1. The molecule has 8 nitrogen and oxygen atoms in total. The molecule has 1 saturated carbocycles. The van der Waals surface area contributed by atoms with E-state index in [0.717, 1.165) is 22.3 Å². The van der Waals surface area contributed by atoms with Crippen molar-refractivity contribution in [2.75, 3.05) is 22.1 Å². The van der Waals surface area contributed by atoms with E-state index in [1.807, 2.05) is 83.8 Å². The number of amides is 2.